The summed E-state index contributed by atoms with van der Waals surface area (Å²) in [6.45, 7) is 0.878. The SMILES string of the molecule is ClCC1CO1.Oc1ccc2c(c1)OC1(c3ccccc3)Oc3cc(O)ccc3C21c1ccccc1. The van der Waals surface area contributed by atoms with Gasteiger partial charge < -0.3 is 24.4 Å². The van der Waals surface area contributed by atoms with Crippen molar-refractivity contribution >= 4 is 11.6 Å². The Kier molecular flexibility index (Phi) is 5.13. The topological polar surface area (TPSA) is 71.5 Å². The van der Waals surface area contributed by atoms with E-state index < -0.39 is 11.2 Å². The van der Waals surface area contributed by atoms with Gasteiger partial charge in [-0.25, -0.2) is 0 Å². The van der Waals surface area contributed by atoms with Crippen LogP contribution < -0.4 is 9.47 Å². The quantitative estimate of drug-likeness (QED) is 0.287. The van der Waals surface area contributed by atoms with Crippen molar-refractivity contribution in [3.05, 3.63) is 119 Å². The molecular weight excluding hydrogens is 464 g/mol. The van der Waals surface area contributed by atoms with Gasteiger partial charge in [0.1, 0.15) is 28.4 Å². The number of aromatic hydroxyl groups is 2. The van der Waals surface area contributed by atoms with E-state index >= 15 is 0 Å². The Morgan fingerprint density at radius 3 is 1.63 bits per heavy atom. The van der Waals surface area contributed by atoms with Gasteiger partial charge in [0.25, 0.3) is 5.79 Å². The van der Waals surface area contributed by atoms with E-state index in [0.717, 1.165) is 28.9 Å². The fourth-order valence-corrected chi connectivity index (χ4v) is 5.31. The number of fused-ring (bicyclic) bond motifs is 5. The molecule has 5 nitrogen and oxygen atoms in total. The standard InChI is InChI=1S/C26H18O4.C3H5ClO/c27-19-11-13-21-23(15-19)29-26(18-9-5-2-6-10-18)25(21,17-7-3-1-4-8-17)22-14-12-20(28)16-24(22)30-26;4-1-3-2-5-3/h1-16,27-28H;3H,1-2H2. The van der Waals surface area contributed by atoms with Gasteiger partial charge in [0, 0.05) is 28.8 Å². The number of hydrogen-bond acceptors (Lipinski definition) is 5. The first-order valence-corrected chi connectivity index (χ1v) is 12.0. The van der Waals surface area contributed by atoms with Crippen LogP contribution in [0.2, 0.25) is 0 Å². The number of epoxide rings is 1. The Balaban J connectivity index is 0.000000410. The van der Waals surface area contributed by atoms with E-state index in [1.807, 2.05) is 60.7 Å². The lowest BCUT2D eigenvalue weighted by molar-refractivity contribution is -0.119. The van der Waals surface area contributed by atoms with Gasteiger partial charge in [0.15, 0.2) is 0 Å². The van der Waals surface area contributed by atoms with Crippen molar-refractivity contribution in [1.29, 1.82) is 0 Å². The van der Waals surface area contributed by atoms with E-state index in [4.69, 9.17) is 25.8 Å². The van der Waals surface area contributed by atoms with E-state index in [0.29, 0.717) is 23.5 Å². The summed E-state index contributed by atoms with van der Waals surface area (Å²) >= 11 is 5.27. The monoisotopic (exact) mass is 486 g/mol. The molecule has 0 aromatic heterocycles. The van der Waals surface area contributed by atoms with Crippen LogP contribution in [-0.4, -0.2) is 28.8 Å². The van der Waals surface area contributed by atoms with Gasteiger partial charge in [0.05, 0.1) is 18.6 Å². The fraction of sp³-hybridized carbons (Fsp3) is 0.172. The maximum Gasteiger partial charge on any atom is 0.296 e. The molecule has 1 atom stereocenters. The molecule has 4 aromatic rings. The average Bonchev–Trinajstić information content (AvgIpc) is 3.63. The van der Waals surface area contributed by atoms with Crippen molar-refractivity contribution in [3.8, 4) is 23.0 Å². The molecule has 176 valence electrons. The van der Waals surface area contributed by atoms with Crippen LogP contribution in [0.1, 0.15) is 22.3 Å². The van der Waals surface area contributed by atoms with Crippen LogP contribution in [-0.2, 0) is 15.9 Å². The maximum absolute atomic E-state index is 10.1. The smallest absolute Gasteiger partial charge is 0.296 e. The lowest BCUT2D eigenvalue weighted by Gasteiger charge is -2.38. The molecule has 3 aliphatic rings. The molecule has 0 saturated carbocycles. The zero-order chi connectivity index (χ0) is 24.0. The number of phenols is 2. The molecule has 1 saturated heterocycles. The summed E-state index contributed by atoms with van der Waals surface area (Å²) in [5.74, 6) is 0.849. The molecule has 6 heteroatoms. The average molecular weight is 487 g/mol. The van der Waals surface area contributed by atoms with E-state index in [2.05, 4.69) is 12.1 Å². The normalized spacial score (nSPS) is 24.7. The minimum atomic E-state index is -1.22. The van der Waals surface area contributed by atoms with Gasteiger partial charge in [0.2, 0.25) is 0 Å². The Morgan fingerprint density at radius 1 is 0.714 bits per heavy atom. The summed E-state index contributed by atoms with van der Waals surface area (Å²) < 4.78 is 17.9. The second-order valence-electron chi connectivity index (χ2n) is 8.77. The van der Waals surface area contributed by atoms with Crippen LogP contribution in [0, 0.1) is 0 Å². The lowest BCUT2D eigenvalue weighted by Crippen LogP contribution is -2.50. The second-order valence-corrected chi connectivity index (χ2v) is 9.08. The summed E-state index contributed by atoms with van der Waals surface area (Å²) in [6, 6.07) is 30.3. The van der Waals surface area contributed by atoms with Gasteiger partial charge >= 0.3 is 0 Å². The van der Waals surface area contributed by atoms with E-state index in [-0.39, 0.29) is 11.5 Å². The summed E-state index contributed by atoms with van der Waals surface area (Å²) in [5, 5.41) is 20.3. The Morgan fingerprint density at radius 2 is 1.20 bits per heavy atom. The van der Waals surface area contributed by atoms with E-state index in [9.17, 15) is 10.2 Å². The summed E-state index contributed by atoms with van der Waals surface area (Å²) in [5.41, 5.74) is 2.84. The number of rotatable bonds is 3. The van der Waals surface area contributed by atoms with Crippen molar-refractivity contribution in [3.63, 3.8) is 0 Å². The molecule has 0 aliphatic carbocycles. The molecule has 0 bridgehead atoms. The number of ether oxygens (including phenoxy) is 3. The first-order valence-electron chi connectivity index (χ1n) is 11.4. The highest BCUT2D eigenvalue weighted by Gasteiger charge is 2.70. The van der Waals surface area contributed by atoms with Crippen molar-refractivity contribution < 1.29 is 24.4 Å². The molecule has 1 fully saturated rings. The van der Waals surface area contributed by atoms with Crippen molar-refractivity contribution in [2.24, 2.45) is 0 Å². The number of phenolic OH excluding ortho intramolecular Hbond substituents is 2. The van der Waals surface area contributed by atoms with Crippen molar-refractivity contribution in [2.75, 3.05) is 12.5 Å². The van der Waals surface area contributed by atoms with Crippen LogP contribution in [0.3, 0.4) is 0 Å². The van der Waals surface area contributed by atoms with Crippen LogP contribution in [0.25, 0.3) is 0 Å². The third kappa shape index (κ3) is 3.27. The van der Waals surface area contributed by atoms with Crippen molar-refractivity contribution in [2.45, 2.75) is 17.3 Å². The highest BCUT2D eigenvalue weighted by Crippen LogP contribution is 2.67. The molecule has 3 aliphatic heterocycles. The Labute approximate surface area is 208 Å². The molecule has 35 heavy (non-hydrogen) atoms. The highest BCUT2D eigenvalue weighted by molar-refractivity contribution is 6.18. The third-order valence-corrected chi connectivity index (χ3v) is 7.02. The first-order chi connectivity index (χ1) is 17.1. The number of benzene rings is 4. The molecule has 0 radical (unpaired) electrons. The molecule has 7 rings (SSSR count). The predicted octanol–water partition coefficient (Wildman–Crippen LogP) is 5.69. The summed E-state index contributed by atoms with van der Waals surface area (Å²) in [6.07, 6.45) is 0.400. The molecular formula is C29H23ClO5. The summed E-state index contributed by atoms with van der Waals surface area (Å²) in [4.78, 5) is 0. The zero-order valence-corrected chi connectivity index (χ0v) is 19.5. The van der Waals surface area contributed by atoms with Crippen LogP contribution in [0.4, 0.5) is 0 Å². The van der Waals surface area contributed by atoms with Gasteiger partial charge in [-0.2, -0.15) is 0 Å². The van der Waals surface area contributed by atoms with Gasteiger partial charge in [-0.3, -0.25) is 0 Å². The minimum absolute atomic E-state index is 0.131. The summed E-state index contributed by atoms with van der Waals surface area (Å²) in [7, 11) is 0. The number of alkyl halides is 1. The zero-order valence-electron chi connectivity index (χ0n) is 18.7. The highest BCUT2D eigenvalue weighted by atomic mass is 35.5. The second kappa shape index (κ2) is 8.22. The minimum Gasteiger partial charge on any atom is -0.508 e. The largest absolute Gasteiger partial charge is 0.508 e. The van der Waals surface area contributed by atoms with E-state index in [1.54, 1.807) is 24.3 Å². The molecule has 1 unspecified atom stereocenters. The van der Waals surface area contributed by atoms with E-state index in [1.165, 1.54) is 0 Å². The molecule has 0 amide bonds. The van der Waals surface area contributed by atoms with Crippen LogP contribution in [0.15, 0.2) is 97.1 Å². The molecule has 4 aromatic carbocycles. The fourth-order valence-electron chi connectivity index (χ4n) is 5.13. The van der Waals surface area contributed by atoms with Gasteiger partial charge in [-0.05, 0) is 17.7 Å². The number of halogens is 1. The third-order valence-electron chi connectivity index (χ3n) is 6.67. The van der Waals surface area contributed by atoms with Crippen LogP contribution in [0.5, 0.6) is 23.0 Å². The van der Waals surface area contributed by atoms with Gasteiger partial charge in [-0.1, -0.05) is 72.8 Å². The Hall–Kier alpha value is -3.67. The van der Waals surface area contributed by atoms with Crippen LogP contribution >= 0.6 is 11.6 Å². The first kappa shape index (κ1) is 21.8. The predicted molar refractivity (Wildman–Crippen MR) is 132 cm³/mol. The molecule has 3 heterocycles. The Bertz CT molecular complexity index is 1310. The molecule has 2 N–H and O–H groups in total. The lowest BCUT2D eigenvalue weighted by atomic mass is 9.64. The van der Waals surface area contributed by atoms with Crippen molar-refractivity contribution in [1.82, 2.24) is 0 Å². The maximum atomic E-state index is 10.1. The molecule has 0 spiro atoms. The van der Waals surface area contributed by atoms with Gasteiger partial charge in [-0.15, -0.1) is 11.6 Å². The number of hydrogen-bond donors (Lipinski definition) is 2.